The van der Waals surface area contributed by atoms with E-state index in [0.29, 0.717) is 0 Å². The summed E-state index contributed by atoms with van der Waals surface area (Å²) in [5.41, 5.74) is 8.57. The molecule has 0 bridgehead atoms. The Morgan fingerprint density at radius 1 is 1.53 bits per heavy atom. The van der Waals surface area contributed by atoms with Crippen molar-refractivity contribution in [3.63, 3.8) is 0 Å². The zero-order chi connectivity index (χ0) is 14.2. The molecule has 19 heavy (non-hydrogen) atoms. The highest BCUT2D eigenvalue weighted by atomic mass is 16.8. The topological polar surface area (TPSA) is 114 Å². The fourth-order valence-corrected chi connectivity index (χ4v) is 2.79. The predicted octanol–water partition coefficient (Wildman–Crippen LogP) is 0.739. The molecule has 1 N–H and O–H groups in total. The summed E-state index contributed by atoms with van der Waals surface area (Å²) in [5.74, 6) is -1.92. The Labute approximate surface area is 110 Å². The van der Waals surface area contributed by atoms with Crippen molar-refractivity contribution < 1.29 is 24.1 Å². The van der Waals surface area contributed by atoms with E-state index < -0.39 is 42.0 Å². The molecule has 5 atom stereocenters. The molecule has 0 amide bonds. The number of methoxy groups -OCH3 is 1. The van der Waals surface area contributed by atoms with Gasteiger partial charge in [0.05, 0.1) is 19.3 Å². The molecule has 2 aliphatic rings. The lowest BCUT2D eigenvalue weighted by Crippen LogP contribution is -2.37. The Morgan fingerprint density at radius 3 is 2.74 bits per heavy atom. The summed E-state index contributed by atoms with van der Waals surface area (Å²) in [6.45, 7) is 3.46. The first kappa shape index (κ1) is 14.1. The van der Waals surface area contributed by atoms with E-state index in [-0.39, 0.29) is 6.42 Å². The van der Waals surface area contributed by atoms with Crippen LogP contribution in [0.4, 0.5) is 0 Å². The van der Waals surface area contributed by atoms with Crippen LogP contribution in [0.2, 0.25) is 0 Å². The van der Waals surface area contributed by atoms with Gasteiger partial charge in [-0.2, -0.15) is 0 Å². The molecule has 106 valence electrons. The first-order chi connectivity index (χ1) is 8.89. The minimum Gasteiger partial charge on any atom is -0.469 e. The monoisotopic (exact) mass is 271 g/mol. The summed E-state index contributed by atoms with van der Waals surface area (Å²) in [7, 11) is 1.22. The number of esters is 1. The smallest absolute Gasteiger partial charge is 0.314 e. The van der Waals surface area contributed by atoms with Gasteiger partial charge < -0.3 is 19.3 Å². The second-order valence-electron chi connectivity index (χ2n) is 5.20. The van der Waals surface area contributed by atoms with Gasteiger partial charge in [0.25, 0.3) is 0 Å². The molecule has 2 fully saturated rings. The second kappa shape index (κ2) is 4.97. The van der Waals surface area contributed by atoms with E-state index >= 15 is 0 Å². The number of aliphatic hydroxyl groups is 1. The largest absolute Gasteiger partial charge is 0.469 e. The number of fused-ring (bicyclic) bond motifs is 1. The number of carbonyl (C=O) groups is 1. The summed E-state index contributed by atoms with van der Waals surface area (Å²) in [4.78, 5) is 14.4. The van der Waals surface area contributed by atoms with E-state index in [1.165, 1.54) is 7.11 Å². The minimum atomic E-state index is -1.02. The Morgan fingerprint density at radius 2 is 2.16 bits per heavy atom. The Hall–Kier alpha value is -1.34. The molecule has 1 heterocycles. The van der Waals surface area contributed by atoms with Crippen molar-refractivity contribution in [2.75, 3.05) is 7.11 Å². The fourth-order valence-electron chi connectivity index (χ4n) is 2.79. The maximum atomic E-state index is 11.7. The number of hydrogen-bond donors (Lipinski definition) is 1. The molecule has 0 aromatic rings. The second-order valence-corrected chi connectivity index (χ2v) is 5.20. The molecular formula is C11H17N3O5. The van der Waals surface area contributed by atoms with Crippen LogP contribution in [-0.2, 0) is 19.0 Å². The molecule has 0 spiro atoms. The number of azide groups is 1. The first-order valence-electron chi connectivity index (χ1n) is 6.05. The van der Waals surface area contributed by atoms with Gasteiger partial charge in [0.2, 0.25) is 0 Å². The zero-order valence-corrected chi connectivity index (χ0v) is 11.0. The van der Waals surface area contributed by atoms with Gasteiger partial charge >= 0.3 is 5.97 Å². The Kier molecular flexibility index (Phi) is 3.69. The van der Waals surface area contributed by atoms with Crippen molar-refractivity contribution in [2.45, 2.75) is 50.4 Å². The summed E-state index contributed by atoms with van der Waals surface area (Å²) in [5, 5.41) is 13.5. The van der Waals surface area contributed by atoms with Gasteiger partial charge in [0.1, 0.15) is 12.1 Å². The SMILES string of the molecule is COC(=O)[C@@H](N=[N+]=[N-])[C@H]1C[C@H](O)[C@@H]2OC(C)(C)O[C@H]12. The number of rotatable bonds is 3. The highest BCUT2D eigenvalue weighted by molar-refractivity contribution is 5.76. The molecule has 1 saturated heterocycles. The van der Waals surface area contributed by atoms with Gasteiger partial charge in [0.15, 0.2) is 5.79 Å². The molecule has 8 heteroatoms. The van der Waals surface area contributed by atoms with Crippen LogP contribution in [0.15, 0.2) is 5.11 Å². The van der Waals surface area contributed by atoms with E-state index in [0.717, 1.165) is 0 Å². The van der Waals surface area contributed by atoms with Crippen LogP contribution in [-0.4, -0.2) is 48.3 Å². The van der Waals surface area contributed by atoms with Crippen LogP contribution < -0.4 is 0 Å². The van der Waals surface area contributed by atoms with Crippen molar-refractivity contribution in [2.24, 2.45) is 11.0 Å². The van der Waals surface area contributed by atoms with E-state index in [1.54, 1.807) is 13.8 Å². The van der Waals surface area contributed by atoms with E-state index in [2.05, 4.69) is 14.8 Å². The third-order valence-electron chi connectivity index (χ3n) is 3.50. The lowest BCUT2D eigenvalue weighted by molar-refractivity contribution is -0.170. The van der Waals surface area contributed by atoms with Crippen LogP contribution in [0.5, 0.6) is 0 Å². The van der Waals surface area contributed by atoms with Gasteiger partial charge in [0, 0.05) is 10.8 Å². The fraction of sp³-hybridized carbons (Fsp3) is 0.909. The van der Waals surface area contributed by atoms with Gasteiger partial charge in [-0.05, 0) is 25.8 Å². The summed E-state index contributed by atoms with van der Waals surface area (Å²) < 4.78 is 15.9. The van der Waals surface area contributed by atoms with E-state index in [9.17, 15) is 9.90 Å². The molecule has 0 aromatic carbocycles. The zero-order valence-electron chi connectivity index (χ0n) is 11.0. The number of aliphatic hydroxyl groups excluding tert-OH is 1. The van der Waals surface area contributed by atoms with Crippen LogP contribution >= 0.6 is 0 Å². The lowest BCUT2D eigenvalue weighted by atomic mass is 9.96. The molecular weight excluding hydrogens is 254 g/mol. The average molecular weight is 271 g/mol. The number of nitrogens with zero attached hydrogens (tertiary/aromatic N) is 3. The van der Waals surface area contributed by atoms with Crippen molar-refractivity contribution >= 4 is 5.97 Å². The van der Waals surface area contributed by atoms with Crippen molar-refractivity contribution in [1.29, 1.82) is 0 Å². The quantitative estimate of drug-likeness (QED) is 0.352. The van der Waals surface area contributed by atoms with Crippen LogP contribution in [0.1, 0.15) is 20.3 Å². The average Bonchev–Trinajstić information content (AvgIpc) is 2.81. The number of hydrogen-bond acceptors (Lipinski definition) is 6. The Balaban J connectivity index is 2.24. The van der Waals surface area contributed by atoms with E-state index in [4.69, 9.17) is 15.0 Å². The molecule has 0 aromatic heterocycles. The van der Waals surface area contributed by atoms with Crippen LogP contribution in [0.3, 0.4) is 0 Å². The maximum absolute atomic E-state index is 11.7. The minimum absolute atomic E-state index is 0.268. The normalized spacial score (nSPS) is 37.3. The number of carbonyl (C=O) groups excluding carboxylic acids is 1. The third-order valence-corrected chi connectivity index (χ3v) is 3.50. The molecule has 2 rings (SSSR count). The highest BCUT2D eigenvalue weighted by Crippen LogP contribution is 2.43. The molecule has 0 radical (unpaired) electrons. The number of ether oxygens (including phenoxy) is 3. The van der Waals surface area contributed by atoms with Crippen LogP contribution in [0, 0.1) is 5.92 Å². The molecule has 0 unspecified atom stereocenters. The Bertz CT molecular complexity index is 421. The molecule has 8 nitrogen and oxygen atoms in total. The summed E-state index contributed by atoms with van der Waals surface area (Å²) in [6.07, 6.45) is -1.48. The van der Waals surface area contributed by atoms with Gasteiger partial charge in [-0.1, -0.05) is 5.11 Å². The van der Waals surface area contributed by atoms with Crippen molar-refractivity contribution in [3.8, 4) is 0 Å². The predicted molar refractivity (Wildman–Crippen MR) is 62.9 cm³/mol. The third kappa shape index (κ3) is 2.52. The van der Waals surface area contributed by atoms with Gasteiger partial charge in [-0.15, -0.1) is 0 Å². The molecule has 1 aliphatic heterocycles. The first-order valence-corrected chi connectivity index (χ1v) is 6.05. The highest BCUT2D eigenvalue weighted by Gasteiger charge is 2.56. The summed E-state index contributed by atoms with van der Waals surface area (Å²) in [6, 6.07) is -1.02. The van der Waals surface area contributed by atoms with Crippen molar-refractivity contribution in [1.82, 2.24) is 0 Å². The lowest BCUT2D eigenvalue weighted by Gasteiger charge is -2.24. The maximum Gasteiger partial charge on any atom is 0.314 e. The van der Waals surface area contributed by atoms with E-state index in [1.807, 2.05) is 0 Å². The van der Waals surface area contributed by atoms with Gasteiger partial charge in [-0.3, -0.25) is 4.79 Å². The molecule has 1 saturated carbocycles. The summed E-state index contributed by atoms with van der Waals surface area (Å²) >= 11 is 0. The van der Waals surface area contributed by atoms with Crippen LogP contribution in [0.25, 0.3) is 10.4 Å². The molecule has 1 aliphatic carbocycles. The van der Waals surface area contributed by atoms with Gasteiger partial charge in [-0.25, -0.2) is 0 Å². The van der Waals surface area contributed by atoms with Crippen molar-refractivity contribution in [3.05, 3.63) is 10.4 Å². The standard InChI is InChI=1S/C11H17N3O5/c1-11(2)18-8-5(4-6(15)9(8)19-11)7(13-14-12)10(16)17-3/h5-9,15H,4H2,1-3H3/t5-,6+,7+,8-,9+/m1/s1.